The van der Waals surface area contributed by atoms with Gasteiger partial charge in [-0.25, -0.2) is 4.98 Å². The molecule has 0 amide bonds. The summed E-state index contributed by atoms with van der Waals surface area (Å²) in [7, 11) is 2.16. The highest BCUT2D eigenvalue weighted by Gasteiger charge is 2.14. The number of ether oxygens (including phenoxy) is 1. The minimum Gasteiger partial charge on any atom is -0.431 e. The van der Waals surface area contributed by atoms with Gasteiger partial charge in [-0.2, -0.15) is 0 Å². The smallest absolute Gasteiger partial charge is 0.279 e. The maximum absolute atomic E-state index is 6.17. The van der Waals surface area contributed by atoms with Crippen molar-refractivity contribution in [2.75, 3.05) is 20.1 Å². The van der Waals surface area contributed by atoms with E-state index in [1.54, 1.807) is 11.3 Å². The first-order valence-corrected chi connectivity index (χ1v) is 11.6. The maximum Gasteiger partial charge on any atom is 0.279 e. The minimum atomic E-state index is 0.155. The molecule has 0 fully saturated rings. The molecule has 3 rings (SSSR count). The average Bonchev–Trinajstić information content (AvgIpc) is 3.17. The highest BCUT2D eigenvalue weighted by atomic mass is 32.1. The average molecular weight is 423 g/mol. The van der Waals surface area contributed by atoms with E-state index in [0.717, 1.165) is 42.1 Å². The fourth-order valence-electron chi connectivity index (χ4n) is 3.37. The van der Waals surface area contributed by atoms with Crippen LogP contribution in [0.2, 0.25) is 0 Å². The fourth-order valence-corrected chi connectivity index (χ4v) is 4.06. The van der Waals surface area contributed by atoms with Crippen LogP contribution in [0.3, 0.4) is 0 Å². The van der Waals surface area contributed by atoms with Gasteiger partial charge in [0, 0.05) is 17.5 Å². The van der Waals surface area contributed by atoms with Gasteiger partial charge in [0.15, 0.2) is 0 Å². The van der Waals surface area contributed by atoms with Gasteiger partial charge in [-0.15, -0.1) is 0 Å². The van der Waals surface area contributed by atoms with Gasteiger partial charge in [0.1, 0.15) is 5.75 Å². The summed E-state index contributed by atoms with van der Waals surface area (Å²) in [6.07, 6.45) is 1.06. The molecule has 2 aromatic carbocycles. The van der Waals surface area contributed by atoms with Crippen LogP contribution in [-0.4, -0.2) is 30.0 Å². The molecular weight excluding hydrogens is 388 g/mol. The third-order valence-corrected chi connectivity index (χ3v) is 6.38. The highest BCUT2D eigenvalue weighted by molar-refractivity contribution is 7.11. The summed E-state index contributed by atoms with van der Waals surface area (Å²) in [5.74, 6) is 0.893. The number of aromatic nitrogens is 1. The number of hydrogen-bond donors (Lipinski definition) is 0. The van der Waals surface area contributed by atoms with E-state index >= 15 is 0 Å². The topological polar surface area (TPSA) is 25.4 Å². The van der Waals surface area contributed by atoms with Crippen LogP contribution in [-0.2, 0) is 11.8 Å². The van der Waals surface area contributed by atoms with Crippen molar-refractivity contribution in [3.63, 3.8) is 0 Å². The summed E-state index contributed by atoms with van der Waals surface area (Å²) < 4.78 is 6.17. The van der Waals surface area contributed by atoms with Crippen molar-refractivity contribution >= 4 is 11.3 Å². The third-order valence-electron chi connectivity index (χ3n) is 5.66. The SMILES string of the molecule is CCN(C)CCc1cc(C)c(Oc2nc(-c3ccc(C(C)(C)C)cc3)cs2)cc1C. The van der Waals surface area contributed by atoms with Crippen LogP contribution in [0.15, 0.2) is 41.8 Å². The Hall–Kier alpha value is -2.17. The van der Waals surface area contributed by atoms with Crippen molar-refractivity contribution in [3.05, 3.63) is 64.0 Å². The summed E-state index contributed by atoms with van der Waals surface area (Å²) in [6, 6.07) is 13.1. The Balaban J connectivity index is 1.73. The number of thiazole rings is 1. The number of nitrogens with zero attached hydrogens (tertiary/aromatic N) is 2. The zero-order valence-electron chi connectivity index (χ0n) is 19.4. The Kier molecular flexibility index (Phi) is 6.99. The monoisotopic (exact) mass is 422 g/mol. The zero-order valence-corrected chi connectivity index (χ0v) is 20.2. The maximum atomic E-state index is 6.17. The second-order valence-corrected chi connectivity index (χ2v) is 9.94. The van der Waals surface area contributed by atoms with E-state index in [-0.39, 0.29) is 5.41 Å². The molecule has 0 unspecified atom stereocenters. The van der Waals surface area contributed by atoms with Gasteiger partial charge in [-0.05, 0) is 67.6 Å². The predicted octanol–water partition coefficient (Wildman–Crippen LogP) is 7.01. The Morgan fingerprint density at radius 3 is 2.37 bits per heavy atom. The Morgan fingerprint density at radius 1 is 1.03 bits per heavy atom. The molecule has 160 valence electrons. The van der Waals surface area contributed by atoms with Gasteiger partial charge in [0.05, 0.1) is 5.69 Å². The molecule has 0 N–H and O–H groups in total. The van der Waals surface area contributed by atoms with Crippen molar-refractivity contribution in [1.82, 2.24) is 9.88 Å². The van der Waals surface area contributed by atoms with E-state index in [2.05, 4.69) is 95.3 Å². The van der Waals surface area contributed by atoms with Crippen LogP contribution in [0, 0.1) is 13.8 Å². The van der Waals surface area contributed by atoms with Gasteiger partial charge in [-0.3, -0.25) is 0 Å². The third kappa shape index (κ3) is 5.50. The molecule has 0 aliphatic heterocycles. The summed E-state index contributed by atoms with van der Waals surface area (Å²) in [6.45, 7) is 15.3. The molecule has 3 aromatic rings. The molecule has 0 aliphatic carbocycles. The number of aryl methyl sites for hydroxylation is 2. The molecule has 0 radical (unpaired) electrons. The van der Waals surface area contributed by atoms with Crippen molar-refractivity contribution in [2.24, 2.45) is 0 Å². The van der Waals surface area contributed by atoms with E-state index in [4.69, 9.17) is 9.72 Å². The van der Waals surface area contributed by atoms with Crippen molar-refractivity contribution in [3.8, 4) is 22.2 Å². The van der Waals surface area contributed by atoms with Crippen molar-refractivity contribution in [1.29, 1.82) is 0 Å². The minimum absolute atomic E-state index is 0.155. The lowest BCUT2D eigenvalue weighted by Gasteiger charge is -2.18. The summed E-state index contributed by atoms with van der Waals surface area (Å²) in [4.78, 5) is 7.06. The molecule has 0 saturated heterocycles. The van der Waals surface area contributed by atoms with E-state index in [1.165, 1.54) is 16.7 Å². The van der Waals surface area contributed by atoms with Gasteiger partial charge < -0.3 is 9.64 Å². The first-order valence-electron chi connectivity index (χ1n) is 10.7. The molecule has 0 spiro atoms. The lowest BCUT2D eigenvalue weighted by atomic mass is 9.86. The fraction of sp³-hybridized carbons (Fsp3) is 0.423. The first-order chi connectivity index (χ1) is 14.2. The predicted molar refractivity (Wildman–Crippen MR) is 129 cm³/mol. The first kappa shape index (κ1) is 22.5. The van der Waals surface area contributed by atoms with Gasteiger partial charge in [-0.1, -0.05) is 69.4 Å². The molecule has 30 heavy (non-hydrogen) atoms. The number of rotatable bonds is 7. The lowest BCUT2D eigenvalue weighted by molar-refractivity contribution is 0.357. The molecule has 0 atom stereocenters. The molecule has 1 aromatic heterocycles. The van der Waals surface area contributed by atoms with E-state index in [0.29, 0.717) is 5.19 Å². The summed E-state index contributed by atoms with van der Waals surface area (Å²) >= 11 is 1.54. The summed E-state index contributed by atoms with van der Waals surface area (Å²) in [5, 5.41) is 2.75. The van der Waals surface area contributed by atoms with Gasteiger partial charge in [0.2, 0.25) is 0 Å². The van der Waals surface area contributed by atoms with E-state index in [9.17, 15) is 0 Å². The largest absolute Gasteiger partial charge is 0.431 e. The number of benzene rings is 2. The Morgan fingerprint density at radius 2 is 1.73 bits per heavy atom. The van der Waals surface area contributed by atoms with Gasteiger partial charge >= 0.3 is 0 Å². The molecule has 4 heteroatoms. The van der Waals surface area contributed by atoms with Crippen LogP contribution in [0.4, 0.5) is 0 Å². The van der Waals surface area contributed by atoms with E-state index in [1.807, 2.05) is 0 Å². The summed E-state index contributed by atoms with van der Waals surface area (Å²) in [5.41, 5.74) is 7.38. The van der Waals surface area contributed by atoms with E-state index < -0.39 is 0 Å². The molecule has 0 aliphatic rings. The number of hydrogen-bond acceptors (Lipinski definition) is 4. The molecule has 3 nitrogen and oxygen atoms in total. The Bertz CT molecular complexity index is 983. The second-order valence-electron chi connectivity index (χ2n) is 9.12. The Labute approximate surface area is 185 Å². The molecular formula is C26H34N2OS. The van der Waals surface area contributed by atoms with Crippen LogP contribution >= 0.6 is 11.3 Å². The second kappa shape index (κ2) is 9.32. The quantitative estimate of drug-likeness (QED) is 0.409. The molecule has 0 bridgehead atoms. The molecule has 0 saturated carbocycles. The zero-order chi connectivity index (χ0) is 21.9. The van der Waals surface area contributed by atoms with Crippen LogP contribution in [0.5, 0.6) is 10.9 Å². The normalized spacial score (nSPS) is 11.9. The van der Waals surface area contributed by atoms with Crippen LogP contribution < -0.4 is 4.74 Å². The van der Waals surface area contributed by atoms with Crippen LogP contribution in [0.1, 0.15) is 49.9 Å². The number of likely N-dealkylation sites (N-methyl/N-ethyl adjacent to an activating group) is 1. The lowest BCUT2D eigenvalue weighted by Crippen LogP contribution is -2.20. The highest BCUT2D eigenvalue weighted by Crippen LogP contribution is 2.33. The standard InChI is InChI=1S/C26H34N2OS/c1-8-28(7)14-13-21-15-19(3)24(16-18(21)2)29-25-27-23(17-30-25)20-9-11-22(12-10-20)26(4,5)6/h9-12,15-17H,8,13-14H2,1-7H3. The molecule has 1 heterocycles. The van der Waals surface area contributed by atoms with Crippen molar-refractivity contribution in [2.45, 2.75) is 53.4 Å². The van der Waals surface area contributed by atoms with Gasteiger partial charge in [0.25, 0.3) is 5.19 Å². The van der Waals surface area contributed by atoms with Crippen molar-refractivity contribution < 1.29 is 4.74 Å². The van der Waals surface area contributed by atoms with Crippen LogP contribution in [0.25, 0.3) is 11.3 Å².